The molecule has 1 N–H and O–H groups in total. The van der Waals surface area contributed by atoms with Crippen LogP contribution in [-0.2, 0) is 17.9 Å². The van der Waals surface area contributed by atoms with E-state index in [1.807, 2.05) is 41.1 Å². The quantitative estimate of drug-likeness (QED) is 0.178. The van der Waals surface area contributed by atoms with Crippen LogP contribution < -0.4 is 5.32 Å². The van der Waals surface area contributed by atoms with Crippen LogP contribution in [0.25, 0.3) is 10.9 Å². The molecule has 39 heavy (non-hydrogen) atoms. The van der Waals surface area contributed by atoms with Crippen LogP contribution in [0.3, 0.4) is 0 Å². The highest BCUT2D eigenvalue weighted by Crippen LogP contribution is 2.37. The van der Waals surface area contributed by atoms with Gasteiger partial charge in [-0.05, 0) is 34.9 Å². The van der Waals surface area contributed by atoms with Crippen molar-refractivity contribution < 1.29 is 19.1 Å². The fourth-order valence-corrected chi connectivity index (χ4v) is 4.73. The zero-order chi connectivity index (χ0) is 27.4. The molecule has 0 aliphatic carbocycles. The molecule has 10 heteroatoms. The number of hydrogen-bond donors (Lipinski definition) is 1. The number of non-ortho nitro benzene ring substituents is 2. The monoisotopic (exact) mass is 524 g/mol. The van der Waals surface area contributed by atoms with Crippen LogP contribution in [0, 0.1) is 20.2 Å². The summed E-state index contributed by atoms with van der Waals surface area (Å²) in [5.41, 5.74) is 2.82. The molecule has 196 valence electrons. The molecule has 0 aliphatic heterocycles. The number of hydrogen-bond acceptors (Lipinski definition) is 6. The Balaban J connectivity index is 1.61. The first kappa shape index (κ1) is 25.4. The number of rotatable bonds is 10. The number of aromatic nitrogens is 1. The summed E-state index contributed by atoms with van der Waals surface area (Å²) in [6, 6.07) is 24.0. The number of nitro groups is 2. The number of amides is 1. The van der Waals surface area contributed by atoms with Crippen molar-refractivity contribution >= 4 is 28.2 Å². The minimum atomic E-state index is -0.608. The molecule has 5 rings (SSSR count). The summed E-state index contributed by atoms with van der Waals surface area (Å²) in [6.07, 6.45) is 3.36. The summed E-state index contributed by atoms with van der Waals surface area (Å²) < 4.78 is 7.28. The van der Waals surface area contributed by atoms with Crippen LogP contribution in [0.5, 0.6) is 0 Å². The Morgan fingerprint density at radius 2 is 1.67 bits per heavy atom. The second-order valence-corrected chi connectivity index (χ2v) is 9.12. The maximum absolute atomic E-state index is 13.1. The Morgan fingerprint density at radius 3 is 2.38 bits per heavy atom. The van der Waals surface area contributed by atoms with Gasteiger partial charge in [-0.15, -0.1) is 0 Å². The number of fused-ring (bicyclic) bond motifs is 1. The first-order valence-electron chi connectivity index (χ1n) is 12.2. The van der Waals surface area contributed by atoms with E-state index < -0.39 is 15.8 Å². The predicted molar refractivity (Wildman–Crippen MR) is 144 cm³/mol. The summed E-state index contributed by atoms with van der Waals surface area (Å²) in [7, 11) is 0. The van der Waals surface area contributed by atoms with Crippen LogP contribution in [0.15, 0.2) is 102 Å². The summed E-state index contributed by atoms with van der Waals surface area (Å²) in [5, 5.41) is 26.6. The molecule has 10 nitrogen and oxygen atoms in total. The molecule has 0 spiro atoms. The van der Waals surface area contributed by atoms with E-state index >= 15 is 0 Å². The van der Waals surface area contributed by atoms with Gasteiger partial charge in [0.25, 0.3) is 11.4 Å². The molecule has 0 radical (unpaired) electrons. The van der Waals surface area contributed by atoms with Gasteiger partial charge in [0.2, 0.25) is 5.91 Å². The summed E-state index contributed by atoms with van der Waals surface area (Å²) in [5.74, 6) is -0.314. The maximum Gasteiger partial charge on any atom is 0.270 e. The number of nitro benzene ring substituents is 2. The van der Waals surface area contributed by atoms with Gasteiger partial charge in [0.05, 0.1) is 22.7 Å². The Bertz CT molecular complexity index is 1640. The highest BCUT2D eigenvalue weighted by molar-refractivity contribution is 5.88. The van der Waals surface area contributed by atoms with E-state index in [9.17, 15) is 25.0 Å². The van der Waals surface area contributed by atoms with Crippen molar-refractivity contribution in [2.75, 3.05) is 0 Å². The molecular formula is C29H24N4O6. The zero-order valence-corrected chi connectivity index (χ0v) is 20.7. The minimum absolute atomic E-state index is 0.0327. The average Bonchev–Trinajstić information content (AvgIpc) is 3.59. The van der Waals surface area contributed by atoms with Crippen molar-refractivity contribution in [3.8, 4) is 0 Å². The van der Waals surface area contributed by atoms with Crippen LogP contribution >= 0.6 is 0 Å². The van der Waals surface area contributed by atoms with Crippen molar-refractivity contribution in [3.05, 3.63) is 140 Å². The van der Waals surface area contributed by atoms with Gasteiger partial charge in [-0.25, -0.2) is 0 Å². The number of carbonyl (C=O) groups is 1. The highest BCUT2D eigenvalue weighted by Gasteiger charge is 2.25. The van der Waals surface area contributed by atoms with Gasteiger partial charge in [0.15, 0.2) is 0 Å². The summed E-state index contributed by atoms with van der Waals surface area (Å²) in [6.45, 7) is 0.691. The topological polar surface area (TPSA) is 133 Å². The van der Waals surface area contributed by atoms with E-state index in [4.69, 9.17) is 4.42 Å². The first-order chi connectivity index (χ1) is 18.9. The molecule has 0 aliphatic rings. The lowest BCUT2D eigenvalue weighted by molar-refractivity contribution is -0.385. The van der Waals surface area contributed by atoms with E-state index in [1.54, 1.807) is 30.3 Å². The van der Waals surface area contributed by atoms with E-state index in [1.165, 1.54) is 30.5 Å². The minimum Gasteiger partial charge on any atom is -0.467 e. The van der Waals surface area contributed by atoms with Gasteiger partial charge < -0.3 is 14.3 Å². The Morgan fingerprint density at radius 1 is 0.897 bits per heavy atom. The summed E-state index contributed by atoms with van der Waals surface area (Å²) in [4.78, 5) is 35.4. The van der Waals surface area contributed by atoms with Crippen molar-refractivity contribution in [1.82, 2.24) is 9.88 Å². The smallest absolute Gasteiger partial charge is 0.270 e. The Labute approximate surface area is 222 Å². The zero-order valence-electron chi connectivity index (χ0n) is 20.7. The van der Waals surface area contributed by atoms with Crippen LogP contribution in [-0.4, -0.2) is 20.3 Å². The molecule has 1 unspecified atom stereocenters. The van der Waals surface area contributed by atoms with Crippen molar-refractivity contribution in [2.45, 2.75) is 25.4 Å². The lowest BCUT2D eigenvalue weighted by Crippen LogP contribution is -2.24. The van der Waals surface area contributed by atoms with E-state index in [0.717, 1.165) is 11.1 Å². The fraction of sp³-hybridized carbons (Fsp3) is 0.138. The number of carbonyl (C=O) groups excluding carboxylic acids is 1. The average molecular weight is 525 g/mol. The van der Waals surface area contributed by atoms with Crippen molar-refractivity contribution in [3.63, 3.8) is 0 Å². The van der Waals surface area contributed by atoms with E-state index in [-0.39, 0.29) is 30.2 Å². The number of nitrogens with zero attached hydrogens (tertiary/aromatic N) is 3. The third-order valence-corrected chi connectivity index (χ3v) is 6.59. The molecule has 0 saturated carbocycles. The third kappa shape index (κ3) is 5.69. The lowest BCUT2D eigenvalue weighted by atomic mass is 9.87. The second kappa shape index (κ2) is 11.0. The largest absolute Gasteiger partial charge is 0.467 e. The number of benzene rings is 3. The molecule has 2 heterocycles. The van der Waals surface area contributed by atoms with Gasteiger partial charge in [-0.2, -0.15) is 0 Å². The normalized spacial score (nSPS) is 11.8. The standard InChI is InChI=1S/C29H24N4O6/c34-29(30-17-24-10-5-13-39-24)16-25(21-8-4-9-22(14-21)32(35)36)27-19-31(18-20-6-2-1-3-7-20)28-12-11-23(33(37)38)15-26(27)28/h1-15,19,25H,16-18H2,(H,30,34). The Hall–Kier alpha value is -5.25. The first-order valence-corrected chi connectivity index (χ1v) is 12.2. The molecule has 1 atom stereocenters. The molecule has 5 aromatic rings. The summed E-state index contributed by atoms with van der Waals surface area (Å²) >= 11 is 0. The van der Waals surface area contributed by atoms with E-state index in [2.05, 4.69) is 5.32 Å². The van der Waals surface area contributed by atoms with Gasteiger partial charge in [0, 0.05) is 60.2 Å². The van der Waals surface area contributed by atoms with Gasteiger partial charge >= 0.3 is 0 Å². The molecular weight excluding hydrogens is 500 g/mol. The maximum atomic E-state index is 13.1. The molecule has 2 aromatic heterocycles. The van der Waals surface area contributed by atoms with Gasteiger partial charge in [-0.3, -0.25) is 25.0 Å². The third-order valence-electron chi connectivity index (χ3n) is 6.59. The fourth-order valence-electron chi connectivity index (χ4n) is 4.73. The van der Waals surface area contributed by atoms with Crippen LogP contribution in [0.4, 0.5) is 11.4 Å². The highest BCUT2D eigenvalue weighted by atomic mass is 16.6. The van der Waals surface area contributed by atoms with Crippen LogP contribution in [0.2, 0.25) is 0 Å². The molecule has 0 fully saturated rings. The van der Waals surface area contributed by atoms with Gasteiger partial charge in [0.1, 0.15) is 5.76 Å². The van der Waals surface area contributed by atoms with Crippen LogP contribution in [0.1, 0.15) is 34.8 Å². The van der Waals surface area contributed by atoms with Crippen molar-refractivity contribution in [2.24, 2.45) is 0 Å². The number of furan rings is 1. The molecule has 3 aromatic carbocycles. The second-order valence-electron chi connectivity index (χ2n) is 9.12. The van der Waals surface area contributed by atoms with Gasteiger partial charge in [-0.1, -0.05) is 42.5 Å². The molecule has 0 saturated heterocycles. The van der Waals surface area contributed by atoms with E-state index in [0.29, 0.717) is 28.8 Å². The molecule has 1 amide bonds. The SMILES string of the molecule is O=C(CC(c1cccc([N+](=O)[O-])c1)c1cn(Cc2ccccc2)c2ccc([N+](=O)[O-])cc12)NCc1ccco1. The Kier molecular flexibility index (Phi) is 7.17. The predicted octanol–water partition coefficient (Wildman–Crippen LogP) is 5.94. The van der Waals surface area contributed by atoms with Crippen molar-refractivity contribution in [1.29, 1.82) is 0 Å². The number of nitrogens with one attached hydrogen (secondary N) is 1. The molecule has 0 bridgehead atoms. The lowest BCUT2D eigenvalue weighted by Gasteiger charge is -2.17.